The zero-order valence-corrected chi connectivity index (χ0v) is 11.2. The van der Waals surface area contributed by atoms with Gasteiger partial charge in [0.25, 0.3) is 0 Å². The highest BCUT2D eigenvalue weighted by molar-refractivity contribution is 9.09. The van der Waals surface area contributed by atoms with Crippen LogP contribution in [0.3, 0.4) is 0 Å². The van der Waals surface area contributed by atoms with Gasteiger partial charge in [-0.3, -0.25) is 14.5 Å². The van der Waals surface area contributed by atoms with E-state index in [4.69, 9.17) is 0 Å². The molecule has 1 aromatic heterocycles. The molecule has 0 spiro atoms. The van der Waals surface area contributed by atoms with Crippen molar-refractivity contribution in [1.82, 2.24) is 9.97 Å². The largest absolute Gasteiger partial charge is 0.294 e. The van der Waals surface area contributed by atoms with E-state index >= 15 is 0 Å². The number of amides is 1. The minimum atomic E-state index is -0.0693. The number of carbonyl (C=O) groups excluding carboxylic acids is 2. The van der Waals surface area contributed by atoms with Crippen LogP contribution >= 0.6 is 15.9 Å². The summed E-state index contributed by atoms with van der Waals surface area (Å²) >= 11 is 3.40. The van der Waals surface area contributed by atoms with Crippen molar-refractivity contribution < 1.29 is 9.59 Å². The smallest absolute Gasteiger partial charge is 0.232 e. The van der Waals surface area contributed by atoms with Crippen LogP contribution in [0.1, 0.15) is 29.4 Å². The van der Waals surface area contributed by atoms with Gasteiger partial charge < -0.3 is 0 Å². The summed E-state index contributed by atoms with van der Waals surface area (Å²) in [7, 11) is 0. The van der Waals surface area contributed by atoms with Gasteiger partial charge in [-0.05, 0) is 13.8 Å². The minimum Gasteiger partial charge on any atom is -0.294 e. The highest BCUT2D eigenvalue weighted by atomic mass is 79.9. The predicted octanol–water partition coefficient (Wildman–Crippen LogP) is 1.49. The van der Waals surface area contributed by atoms with Gasteiger partial charge in [-0.1, -0.05) is 15.9 Å². The van der Waals surface area contributed by atoms with E-state index in [1.165, 1.54) is 18.0 Å². The van der Waals surface area contributed by atoms with E-state index in [0.29, 0.717) is 30.2 Å². The van der Waals surface area contributed by atoms with Gasteiger partial charge in [0, 0.05) is 24.0 Å². The minimum absolute atomic E-state index is 0.00171. The summed E-state index contributed by atoms with van der Waals surface area (Å²) in [5, 5.41) is 0. The summed E-state index contributed by atoms with van der Waals surface area (Å²) in [5.74, 6) is 0.307. The van der Waals surface area contributed by atoms with Crippen LogP contribution in [0.2, 0.25) is 0 Å². The van der Waals surface area contributed by atoms with Gasteiger partial charge in [0.2, 0.25) is 11.9 Å². The molecule has 1 fully saturated rings. The lowest BCUT2D eigenvalue weighted by Crippen LogP contribution is -2.27. The fourth-order valence-electron chi connectivity index (χ4n) is 1.79. The van der Waals surface area contributed by atoms with Gasteiger partial charge in [0.05, 0.1) is 11.3 Å². The van der Waals surface area contributed by atoms with Gasteiger partial charge in [0.15, 0.2) is 5.78 Å². The zero-order valence-electron chi connectivity index (χ0n) is 9.61. The number of aryl methyl sites for hydroxylation is 1. The van der Waals surface area contributed by atoms with Crippen molar-refractivity contribution in [2.75, 3.05) is 11.4 Å². The molecular formula is C11H12BrN3O2. The Bertz CT molecular complexity index is 490. The van der Waals surface area contributed by atoms with Crippen LogP contribution in [-0.4, -0.2) is 33.0 Å². The first-order chi connectivity index (χ1) is 7.99. The first kappa shape index (κ1) is 12.2. The van der Waals surface area contributed by atoms with Crippen molar-refractivity contribution in [2.45, 2.75) is 25.1 Å². The number of carbonyl (C=O) groups is 2. The molecule has 2 heterocycles. The average molecular weight is 298 g/mol. The highest BCUT2D eigenvalue weighted by Gasteiger charge is 2.30. The maximum atomic E-state index is 11.7. The molecule has 1 atom stereocenters. The van der Waals surface area contributed by atoms with Crippen molar-refractivity contribution >= 4 is 33.6 Å². The second-order valence-electron chi connectivity index (χ2n) is 4.03. The lowest BCUT2D eigenvalue weighted by molar-refractivity contribution is -0.117. The van der Waals surface area contributed by atoms with Crippen molar-refractivity contribution in [1.29, 1.82) is 0 Å². The molecular weight excluding hydrogens is 286 g/mol. The SMILES string of the molecule is CC(=O)c1cnc(N2CC(Br)CC2=O)nc1C. The number of aromatic nitrogens is 2. The van der Waals surface area contributed by atoms with Crippen molar-refractivity contribution in [2.24, 2.45) is 0 Å². The van der Waals surface area contributed by atoms with E-state index in [0.717, 1.165) is 0 Å². The molecule has 0 N–H and O–H groups in total. The summed E-state index contributed by atoms with van der Waals surface area (Å²) < 4.78 is 0. The second kappa shape index (κ2) is 4.52. The maximum Gasteiger partial charge on any atom is 0.232 e. The second-order valence-corrected chi connectivity index (χ2v) is 5.33. The Kier molecular flexibility index (Phi) is 3.24. The summed E-state index contributed by atoms with van der Waals surface area (Å²) in [5.41, 5.74) is 1.10. The van der Waals surface area contributed by atoms with Gasteiger partial charge in [-0.15, -0.1) is 0 Å². The third kappa shape index (κ3) is 2.36. The molecule has 1 unspecified atom stereocenters. The van der Waals surface area contributed by atoms with E-state index in [1.54, 1.807) is 6.92 Å². The molecule has 1 saturated heterocycles. The summed E-state index contributed by atoms with van der Waals surface area (Å²) in [6, 6.07) is 0. The molecule has 1 amide bonds. The number of hydrogen-bond donors (Lipinski definition) is 0. The molecule has 0 saturated carbocycles. The van der Waals surface area contributed by atoms with Gasteiger partial charge in [-0.2, -0.15) is 0 Å². The number of alkyl halides is 1. The van der Waals surface area contributed by atoms with Crippen LogP contribution in [0.15, 0.2) is 6.20 Å². The van der Waals surface area contributed by atoms with Crippen LogP contribution < -0.4 is 4.90 Å². The van der Waals surface area contributed by atoms with E-state index in [1.807, 2.05) is 0 Å². The number of halogens is 1. The number of Topliss-reactive ketones (excluding diaryl/α,β-unsaturated/α-hetero) is 1. The Morgan fingerprint density at radius 1 is 1.59 bits per heavy atom. The van der Waals surface area contributed by atoms with Crippen molar-refractivity contribution in [3.63, 3.8) is 0 Å². The lowest BCUT2D eigenvalue weighted by atomic mass is 10.2. The highest BCUT2D eigenvalue weighted by Crippen LogP contribution is 2.22. The summed E-state index contributed by atoms with van der Waals surface area (Å²) in [4.78, 5) is 32.9. The fourth-order valence-corrected chi connectivity index (χ4v) is 2.35. The molecule has 17 heavy (non-hydrogen) atoms. The van der Waals surface area contributed by atoms with Crippen LogP contribution in [0.25, 0.3) is 0 Å². The van der Waals surface area contributed by atoms with Gasteiger partial charge in [-0.25, -0.2) is 9.97 Å². The first-order valence-corrected chi connectivity index (χ1v) is 6.19. The summed E-state index contributed by atoms with van der Waals surface area (Å²) in [6.45, 7) is 3.78. The number of rotatable bonds is 2. The molecule has 5 nitrogen and oxygen atoms in total. The Morgan fingerprint density at radius 3 is 2.76 bits per heavy atom. The lowest BCUT2D eigenvalue weighted by Gasteiger charge is -2.14. The molecule has 1 aliphatic rings. The monoisotopic (exact) mass is 297 g/mol. The predicted molar refractivity (Wildman–Crippen MR) is 66.5 cm³/mol. The molecule has 0 aliphatic carbocycles. The molecule has 0 bridgehead atoms. The Labute approximate surface area is 107 Å². The molecule has 0 radical (unpaired) electrons. The Morgan fingerprint density at radius 2 is 2.29 bits per heavy atom. The van der Waals surface area contributed by atoms with E-state index < -0.39 is 0 Å². The van der Waals surface area contributed by atoms with E-state index in [9.17, 15) is 9.59 Å². The van der Waals surface area contributed by atoms with Gasteiger partial charge in [0.1, 0.15) is 0 Å². The quantitative estimate of drug-likeness (QED) is 0.613. The number of ketones is 1. The summed E-state index contributed by atoms with van der Waals surface area (Å²) in [6.07, 6.45) is 1.94. The number of nitrogens with zero attached hydrogens (tertiary/aromatic N) is 3. The molecule has 0 aromatic carbocycles. The van der Waals surface area contributed by atoms with Crippen molar-refractivity contribution in [3.8, 4) is 0 Å². The van der Waals surface area contributed by atoms with Crippen molar-refractivity contribution in [3.05, 3.63) is 17.5 Å². The molecule has 6 heteroatoms. The molecule has 1 aromatic rings. The first-order valence-electron chi connectivity index (χ1n) is 5.28. The van der Waals surface area contributed by atoms with Gasteiger partial charge >= 0.3 is 0 Å². The number of hydrogen-bond acceptors (Lipinski definition) is 4. The van der Waals surface area contributed by atoms with Crippen LogP contribution in [-0.2, 0) is 4.79 Å². The molecule has 1 aliphatic heterocycles. The van der Waals surface area contributed by atoms with E-state index in [2.05, 4.69) is 25.9 Å². The van der Waals surface area contributed by atoms with Crippen LogP contribution in [0.4, 0.5) is 5.95 Å². The third-order valence-electron chi connectivity index (χ3n) is 2.67. The molecule has 2 rings (SSSR count). The fraction of sp³-hybridized carbons (Fsp3) is 0.455. The average Bonchev–Trinajstić information content (AvgIpc) is 2.57. The van der Waals surface area contributed by atoms with Crippen LogP contribution in [0.5, 0.6) is 0 Å². The zero-order chi connectivity index (χ0) is 12.6. The normalized spacial score (nSPS) is 19.8. The molecule has 90 valence electrons. The maximum absolute atomic E-state index is 11.7. The number of anilines is 1. The standard InChI is InChI=1S/C11H12BrN3O2/c1-6-9(7(2)16)4-13-11(14-6)15-5-8(12)3-10(15)17/h4,8H,3,5H2,1-2H3. The van der Waals surface area contributed by atoms with E-state index in [-0.39, 0.29) is 16.5 Å². The topological polar surface area (TPSA) is 63.2 Å². The van der Waals surface area contributed by atoms with Crippen LogP contribution in [0, 0.1) is 6.92 Å². The Balaban J connectivity index is 2.32. The Hall–Kier alpha value is -1.30. The third-order valence-corrected chi connectivity index (χ3v) is 3.28.